The molecule has 0 spiro atoms. The Morgan fingerprint density at radius 3 is 2.56 bits per heavy atom. The average molecular weight is 563 g/mol. The van der Waals surface area contributed by atoms with E-state index in [2.05, 4.69) is 9.88 Å². The van der Waals surface area contributed by atoms with E-state index < -0.39 is 11.7 Å². The van der Waals surface area contributed by atoms with E-state index in [0.29, 0.717) is 42.3 Å². The molecule has 4 aromatic rings. The summed E-state index contributed by atoms with van der Waals surface area (Å²) in [6.07, 6.45) is 1.06. The number of piperidine rings is 1. The Kier molecular flexibility index (Phi) is 7.31. The molecule has 0 aliphatic carbocycles. The van der Waals surface area contributed by atoms with Gasteiger partial charge in [0.1, 0.15) is 22.5 Å². The zero-order valence-electron chi connectivity index (χ0n) is 24.8. The quantitative estimate of drug-likeness (QED) is 0.393. The van der Waals surface area contributed by atoms with Crippen molar-refractivity contribution in [1.29, 1.82) is 0 Å². The number of fused-ring (bicyclic) bond motifs is 2. The summed E-state index contributed by atoms with van der Waals surface area (Å²) in [5.74, 6) is 1.10. The van der Waals surface area contributed by atoms with E-state index in [1.54, 1.807) is 41.8 Å². The van der Waals surface area contributed by atoms with Crippen LogP contribution in [0.15, 0.2) is 35.1 Å². The third-order valence-corrected chi connectivity index (χ3v) is 7.53. The van der Waals surface area contributed by atoms with Crippen molar-refractivity contribution in [3.05, 3.63) is 46.2 Å². The van der Waals surface area contributed by atoms with Crippen molar-refractivity contribution < 1.29 is 19.1 Å². The van der Waals surface area contributed by atoms with Gasteiger partial charge in [-0.05, 0) is 64.8 Å². The highest BCUT2D eigenvalue weighted by Gasteiger charge is 2.29. The van der Waals surface area contributed by atoms with Crippen LogP contribution < -0.4 is 15.6 Å². The Bertz CT molecular complexity index is 1710. The molecule has 1 atom stereocenters. The van der Waals surface area contributed by atoms with Crippen LogP contribution >= 0.6 is 0 Å². The Morgan fingerprint density at radius 1 is 1.12 bits per heavy atom. The maximum atomic E-state index is 13.7. The lowest BCUT2D eigenvalue weighted by molar-refractivity contribution is 0.0452. The second kappa shape index (κ2) is 10.6. The molecule has 1 unspecified atom stereocenters. The van der Waals surface area contributed by atoms with Crippen molar-refractivity contribution >= 4 is 34.1 Å². The van der Waals surface area contributed by atoms with E-state index >= 15 is 0 Å². The van der Waals surface area contributed by atoms with E-state index in [-0.39, 0.29) is 17.5 Å². The van der Waals surface area contributed by atoms with E-state index in [4.69, 9.17) is 14.5 Å². The summed E-state index contributed by atoms with van der Waals surface area (Å²) in [6.45, 7) is 9.12. The molecule has 1 aliphatic rings. The summed E-state index contributed by atoms with van der Waals surface area (Å²) in [5, 5.41) is 3.85. The molecule has 1 saturated heterocycles. The minimum atomic E-state index is -0.593. The molecule has 5 rings (SSSR count). The Morgan fingerprint density at radius 2 is 1.88 bits per heavy atom. The van der Waals surface area contributed by atoms with E-state index in [0.717, 1.165) is 35.1 Å². The molecule has 4 heterocycles. The number of likely N-dealkylation sites (tertiary alicyclic amines) is 1. The first kappa shape index (κ1) is 28.3. The SMILES string of the molecule is CCn1c(-c2nc3cc(C(=O)N4CCCC(NC(=O)OC(C)(C)C)C4)cc(OC)c3n2C)cc2ccc(=O)n(C)c21. The summed E-state index contributed by atoms with van der Waals surface area (Å²) in [4.78, 5) is 45.0. The number of hydrogen-bond acceptors (Lipinski definition) is 6. The van der Waals surface area contributed by atoms with Crippen LogP contribution in [0.1, 0.15) is 50.9 Å². The minimum Gasteiger partial charge on any atom is -0.494 e. The number of pyridine rings is 1. The molecule has 1 aliphatic heterocycles. The number of alkyl carbamates (subject to hydrolysis) is 1. The van der Waals surface area contributed by atoms with Crippen LogP contribution in [0, 0.1) is 0 Å². The lowest BCUT2D eigenvalue weighted by Crippen LogP contribution is -2.50. The number of rotatable bonds is 5. The molecular weight excluding hydrogens is 524 g/mol. The van der Waals surface area contributed by atoms with Gasteiger partial charge in [0.05, 0.1) is 18.3 Å². The van der Waals surface area contributed by atoms with Gasteiger partial charge < -0.3 is 28.8 Å². The van der Waals surface area contributed by atoms with Crippen molar-refractivity contribution in [2.75, 3.05) is 20.2 Å². The number of methoxy groups -OCH3 is 1. The number of aromatic nitrogens is 4. The van der Waals surface area contributed by atoms with Gasteiger partial charge >= 0.3 is 6.09 Å². The first-order valence-corrected chi connectivity index (χ1v) is 13.9. The van der Waals surface area contributed by atoms with Crippen molar-refractivity contribution in [2.45, 2.75) is 58.7 Å². The van der Waals surface area contributed by atoms with Crippen molar-refractivity contribution in [3.8, 4) is 17.3 Å². The molecule has 1 N–H and O–H groups in total. The number of ether oxygens (including phenoxy) is 2. The predicted octanol–water partition coefficient (Wildman–Crippen LogP) is 4.05. The van der Waals surface area contributed by atoms with Gasteiger partial charge in [-0.2, -0.15) is 0 Å². The second-order valence-electron chi connectivity index (χ2n) is 11.6. The van der Waals surface area contributed by atoms with Crippen LogP contribution in [0.2, 0.25) is 0 Å². The summed E-state index contributed by atoms with van der Waals surface area (Å²) in [5.41, 5.74) is 2.89. The van der Waals surface area contributed by atoms with Crippen LogP contribution in [0.3, 0.4) is 0 Å². The molecule has 3 aromatic heterocycles. The zero-order chi connectivity index (χ0) is 29.6. The van der Waals surface area contributed by atoms with Crippen molar-refractivity contribution in [3.63, 3.8) is 0 Å². The number of aryl methyl sites for hydroxylation is 3. The summed E-state index contributed by atoms with van der Waals surface area (Å²) < 4.78 is 16.8. The van der Waals surface area contributed by atoms with Crippen LogP contribution in [0.5, 0.6) is 5.75 Å². The maximum Gasteiger partial charge on any atom is 0.407 e. The average Bonchev–Trinajstić information content (AvgIpc) is 3.46. The van der Waals surface area contributed by atoms with Gasteiger partial charge in [0.2, 0.25) is 0 Å². The van der Waals surface area contributed by atoms with Crippen molar-refractivity contribution in [2.24, 2.45) is 14.1 Å². The number of benzene rings is 1. The number of hydrogen-bond donors (Lipinski definition) is 1. The summed E-state index contributed by atoms with van der Waals surface area (Å²) >= 11 is 0. The normalized spacial score (nSPS) is 15.9. The highest BCUT2D eigenvalue weighted by atomic mass is 16.6. The van der Waals surface area contributed by atoms with Crippen LogP contribution in [-0.2, 0) is 25.4 Å². The molecule has 0 radical (unpaired) electrons. The summed E-state index contributed by atoms with van der Waals surface area (Å²) in [7, 11) is 5.27. The molecule has 11 heteroatoms. The highest BCUT2D eigenvalue weighted by Crippen LogP contribution is 2.34. The topological polar surface area (TPSA) is 113 Å². The van der Waals surface area contributed by atoms with Gasteiger partial charge in [0.15, 0.2) is 5.82 Å². The number of carbonyl (C=O) groups excluding carboxylic acids is 2. The third kappa shape index (κ3) is 5.28. The number of carbonyl (C=O) groups is 2. The lowest BCUT2D eigenvalue weighted by atomic mass is 10.0. The molecule has 1 fully saturated rings. The molecule has 11 nitrogen and oxygen atoms in total. The fraction of sp³-hybridized carbons (Fsp3) is 0.467. The molecule has 218 valence electrons. The zero-order valence-corrected chi connectivity index (χ0v) is 24.8. The van der Waals surface area contributed by atoms with Gasteiger partial charge in [0.25, 0.3) is 11.5 Å². The molecule has 0 saturated carbocycles. The maximum absolute atomic E-state index is 13.7. The number of imidazole rings is 1. The Labute approximate surface area is 238 Å². The largest absolute Gasteiger partial charge is 0.494 e. The number of nitrogens with zero attached hydrogens (tertiary/aromatic N) is 5. The van der Waals surface area contributed by atoms with Gasteiger partial charge in [-0.1, -0.05) is 0 Å². The first-order chi connectivity index (χ1) is 19.4. The van der Waals surface area contributed by atoms with Crippen LogP contribution in [0.4, 0.5) is 4.79 Å². The monoisotopic (exact) mass is 562 g/mol. The van der Waals surface area contributed by atoms with Crippen LogP contribution in [0.25, 0.3) is 33.6 Å². The van der Waals surface area contributed by atoms with E-state index in [9.17, 15) is 14.4 Å². The Balaban J connectivity index is 1.49. The van der Waals surface area contributed by atoms with Gasteiger partial charge in [-0.3, -0.25) is 14.2 Å². The molecular formula is C30H38N6O5. The standard InChI is InChI=1S/C30H38N6O5/c1-8-36-22(15-18-11-12-24(37)33(5)27(18)36)26-32-21-14-19(16-23(40-7)25(21)34(26)6)28(38)35-13-9-10-20(17-35)31-29(39)41-30(2,3)4/h11-12,14-16,20H,8-10,13,17H2,1-7H3,(H,31,39). The van der Waals surface area contributed by atoms with E-state index in [1.807, 2.05) is 51.4 Å². The Hall–Kier alpha value is -4.28. The fourth-order valence-electron chi connectivity index (χ4n) is 5.69. The summed E-state index contributed by atoms with van der Waals surface area (Å²) in [6, 6.07) is 8.78. The lowest BCUT2D eigenvalue weighted by Gasteiger charge is -2.33. The van der Waals surface area contributed by atoms with E-state index in [1.165, 1.54) is 0 Å². The van der Waals surface area contributed by atoms with Gasteiger partial charge in [-0.15, -0.1) is 0 Å². The predicted molar refractivity (Wildman–Crippen MR) is 157 cm³/mol. The van der Waals surface area contributed by atoms with Crippen molar-refractivity contribution in [1.82, 2.24) is 28.9 Å². The molecule has 1 aromatic carbocycles. The first-order valence-electron chi connectivity index (χ1n) is 13.9. The molecule has 0 bridgehead atoms. The third-order valence-electron chi connectivity index (χ3n) is 7.53. The fourth-order valence-corrected chi connectivity index (χ4v) is 5.69. The highest BCUT2D eigenvalue weighted by molar-refractivity contribution is 6.00. The van der Waals surface area contributed by atoms with Gasteiger partial charge in [-0.25, -0.2) is 9.78 Å². The number of amides is 2. The number of nitrogens with one attached hydrogen (secondary N) is 1. The molecule has 41 heavy (non-hydrogen) atoms. The molecule has 2 amide bonds. The smallest absolute Gasteiger partial charge is 0.407 e. The second-order valence-corrected chi connectivity index (χ2v) is 11.6. The van der Waals surface area contributed by atoms with Gasteiger partial charge in [0, 0.05) is 56.8 Å². The van der Waals surface area contributed by atoms with Crippen LogP contribution in [-0.4, -0.2) is 67.4 Å². The minimum absolute atomic E-state index is 0.0760.